The van der Waals surface area contributed by atoms with Crippen molar-refractivity contribution in [2.45, 2.75) is 0 Å². The average Bonchev–Trinajstić information content (AvgIpc) is 2.62. The summed E-state index contributed by atoms with van der Waals surface area (Å²) in [5.74, 6) is -1.40. The third-order valence-electron chi connectivity index (χ3n) is 3.64. The molecule has 0 bridgehead atoms. The third-order valence-corrected chi connectivity index (χ3v) is 3.64. The molecule has 0 aromatic heterocycles. The van der Waals surface area contributed by atoms with Gasteiger partial charge in [-0.25, -0.2) is 4.39 Å². The maximum atomic E-state index is 13.6. The minimum Gasteiger partial charge on any atom is -0.508 e. The van der Waals surface area contributed by atoms with Gasteiger partial charge in [0.25, 0.3) is 0 Å². The summed E-state index contributed by atoms with van der Waals surface area (Å²) >= 11 is 0. The van der Waals surface area contributed by atoms with Crippen LogP contribution in [0.5, 0.6) is 5.75 Å². The standard InChI is InChI=1S/C20H13FO3/c21-15-8-11-17(19(23)13-4-2-1-3-5-13)18(12-15)20(24)14-6-9-16(22)10-7-14/h1-12,22H. The Morgan fingerprint density at radius 2 is 1.29 bits per heavy atom. The van der Waals surface area contributed by atoms with E-state index >= 15 is 0 Å². The van der Waals surface area contributed by atoms with Crippen LogP contribution in [0.15, 0.2) is 72.8 Å². The first-order valence-electron chi connectivity index (χ1n) is 7.29. The monoisotopic (exact) mass is 320 g/mol. The van der Waals surface area contributed by atoms with Crippen molar-refractivity contribution in [3.8, 4) is 5.75 Å². The van der Waals surface area contributed by atoms with Crippen LogP contribution in [0.3, 0.4) is 0 Å². The Morgan fingerprint density at radius 3 is 1.96 bits per heavy atom. The van der Waals surface area contributed by atoms with Crippen LogP contribution in [0.4, 0.5) is 4.39 Å². The maximum Gasteiger partial charge on any atom is 0.193 e. The number of carbonyl (C=O) groups is 2. The van der Waals surface area contributed by atoms with Crippen molar-refractivity contribution in [1.82, 2.24) is 0 Å². The lowest BCUT2D eigenvalue weighted by molar-refractivity contribution is 0.100. The molecule has 3 aromatic carbocycles. The average molecular weight is 320 g/mol. The van der Waals surface area contributed by atoms with Crippen LogP contribution in [-0.4, -0.2) is 16.7 Å². The molecule has 0 spiro atoms. The van der Waals surface area contributed by atoms with Gasteiger partial charge in [-0.3, -0.25) is 9.59 Å². The van der Waals surface area contributed by atoms with Crippen LogP contribution in [0.1, 0.15) is 31.8 Å². The number of hydrogen-bond donors (Lipinski definition) is 1. The number of hydrogen-bond acceptors (Lipinski definition) is 3. The molecule has 0 aliphatic rings. The van der Waals surface area contributed by atoms with E-state index in [1.165, 1.54) is 30.3 Å². The molecular weight excluding hydrogens is 307 g/mol. The van der Waals surface area contributed by atoms with Gasteiger partial charge in [-0.2, -0.15) is 0 Å². The lowest BCUT2D eigenvalue weighted by Crippen LogP contribution is -2.11. The number of carbonyl (C=O) groups excluding carboxylic acids is 2. The molecule has 0 radical (unpaired) electrons. The lowest BCUT2D eigenvalue weighted by atomic mass is 9.93. The molecule has 0 amide bonds. The van der Waals surface area contributed by atoms with Crippen LogP contribution >= 0.6 is 0 Å². The first kappa shape index (κ1) is 15.6. The predicted molar refractivity (Wildman–Crippen MR) is 87.8 cm³/mol. The molecule has 0 heterocycles. The molecular formula is C20H13FO3. The first-order chi connectivity index (χ1) is 11.6. The Bertz CT molecular complexity index is 900. The SMILES string of the molecule is O=C(c1ccccc1)c1ccc(F)cc1C(=O)c1ccc(O)cc1. The molecule has 1 N–H and O–H groups in total. The van der Waals surface area contributed by atoms with E-state index in [-0.39, 0.29) is 28.2 Å². The summed E-state index contributed by atoms with van der Waals surface area (Å²) in [4.78, 5) is 25.3. The van der Waals surface area contributed by atoms with E-state index in [9.17, 15) is 19.1 Å². The first-order valence-corrected chi connectivity index (χ1v) is 7.29. The van der Waals surface area contributed by atoms with Crippen molar-refractivity contribution < 1.29 is 19.1 Å². The molecule has 0 aliphatic carbocycles. The topological polar surface area (TPSA) is 54.4 Å². The summed E-state index contributed by atoms with van der Waals surface area (Å²) in [6, 6.07) is 17.6. The van der Waals surface area contributed by atoms with Gasteiger partial charge in [0.15, 0.2) is 11.6 Å². The Hall–Kier alpha value is -3.27. The van der Waals surface area contributed by atoms with E-state index in [0.717, 1.165) is 12.1 Å². The Labute approximate surface area is 138 Å². The summed E-state index contributed by atoms with van der Waals surface area (Å²) < 4.78 is 13.6. The quantitative estimate of drug-likeness (QED) is 0.739. The van der Waals surface area contributed by atoms with Crippen molar-refractivity contribution in [1.29, 1.82) is 0 Å². The van der Waals surface area contributed by atoms with E-state index in [1.54, 1.807) is 30.3 Å². The zero-order valence-corrected chi connectivity index (χ0v) is 12.6. The highest BCUT2D eigenvalue weighted by Gasteiger charge is 2.20. The van der Waals surface area contributed by atoms with Crippen molar-refractivity contribution >= 4 is 11.6 Å². The largest absolute Gasteiger partial charge is 0.508 e. The van der Waals surface area contributed by atoms with Gasteiger partial charge in [-0.15, -0.1) is 0 Å². The number of ketones is 2. The van der Waals surface area contributed by atoms with Crippen LogP contribution in [0.2, 0.25) is 0 Å². The van der Waals surface area contributed by atoms with Gasteiger partial charge in [0, 0.05) is 22.3 Å². The molecule has 3 nitrogen and oxygen atoms in total. The van der Waals surface area contributed by atoms with E-state index in [1.807, 2.05) is 0 Å². The zero-order chi connectivity index (χ0) is 17.1. The normalized spacial score (nSPS) is 10.4. The Kier molecular flexibility index (Phi) is 4.20. The van der Waals surface area contributed by atoms with E-state index < -0.39 is 11.6 Å². The van der Waals surface area contributed by atoms with Crippen molar-refractivity contribution in [2.24, 2.45) is 0 Å². The number of aromatic hydroxyl groups is 1. The number of halogens is 1. The van der Waals surface area contributed by atoms with Crippen LogP contribution in [0, 0.1) is 5.82 Å². The highest BCUT2D eigenvalue weighted by Crippen LogP contribution is 2.21. The fourth-order valence-corrected chi connectivity index (χ4v) is 2.42. The summed E-state index contributed by atoms with van der Waals surface area (Å²) in [5, 5.41) is 9.32. The second kappa shape index (κ2) is 6.46. The fourth-order valence-electron chi connectivity index (χ4n) is 2.42. The lowest BCUT2D eigenvalue weighted by Gasteiger charge is -2.09. The Morgan fingerprint density at radius 1 is 0.708 bits per heavy atom. The summed E-state index contributed by atoms with van der Waals surface area (Å²) in [5.41, 5.74) is 0.819. The number of benzene rings is 3. The van der Waals surface area contributed by atoms with Gasteiger partial charge < -0.3 is 5.11 Å². The molecule has 0 atom stereocenters. The summed E-state index contributed by atoms with van der Waals surface area (Å²) in [6.07, 6.45) is 0. The van der Waals surface area contributed by atoms with Crippen LogP contribution in [-0.2, 0) is 0 Å². The van der Waals surface area contributed by atoms with E-state index in [2.05, 4.69) is 0 Å². The predicted octanol–water partition coefficient (Wildman–Crippen LogP) is 3.99. The number of phenolic OH excluding ortho intramolecular Hbond substituents is 1. The van der Waals surface area contributed by atoms with Crippen molar-refractivity contribution in [3.05, 3.63) is 101 Å². The molecule has 3 rings (SSSR count). The molecule has 3 aromatic rings. The minimum atomic E-state index is -0.596. The van der Waals surface area contributed by atoms with Gasteiger partial charge in [-0.05, 0) is 42.5 Å². The Balaban J connectivity index is 2.07. The smallest absolute Gasteiger partial charge is 0.193 e. The maximum absolute atomic E-state index is 13.6. The molecule has 0 fully saturated rings. The van der Waals surface area contributed by atoms with Gasteiger partial charge in [-0.1, -0.05) is 30.3 Å². The zero-order valence-electron chi connectivity index (χ0n) is 12.6. The van der Waals surface area contributed by atoms with E-state index in [4.69, 9.17) is 0 Å². The van der Waals surface area contributed by atoms with Crippen molar-refractivity contribution in [2.75, 3.05) is 0 Å². The fraction of sp³-hybridized carbons (Fsp3) is 0. The molecule has 4 heteroatoms. The van der Waals surface area contributed by atoms with Gasteiger partial charge in [0.05, 0.1) is 0 Å². The summed E-state index contributed by atoms with van der Waals surface area (Å²) in [6.45, 7) is 0. The molecule has 0 unspecified atom stereocenters. The number of rotatable bonds is 4. The van der Waals surface area contributed by atoms with Gasteiger partial charge >= 0.3 is 0 Å². The highest BCUT2D eigenvalue weighted by atomic mass is 19.1. The molecule has 0 saturated carbocycles. The highest BCUT2D eigenvalue weighted by molar-refractivity contribution is 6.19. The van der Waals surface area contributed by atoms with Gasteiger partial charge in [0.2, 0.25) is 0 Å². The molecule has 0 aliphatic heterocycles. The molecule has 24 heavy (non-hydrogen) atoms. The number of phenols is 1. The second-order valence-corrected chi connectivity index (χ2v) is 5.26. The second-order valence-electron chi connectivity index (χ2n) is 5.26. The van der Waals surface area contributed by atoms with Crippen molar-refractivity contribution in [3.63, 3.8) is 0 Å². The minimum absolute atomic E-state index is 0.00505. The molecule has 118 valence electrons. The summed E-state index contributed by atoms with van der Waals surface area (Å²) in [7, 11) is 0. The third kappa shape index (κ3) is 3.08. The van der Waals surface area contributed by atoms with Crippen LogP contribution < -0.4 is 0 Å². The van der Waals surface area contributed by atoms with Crippen LogP contribution in [0.25, 0.3) is 0 Å². The van der Waals surface area contributed by atoms with E-state index in [0.29, 0.717) is 5.56 Å². The van der Waals surface area contributed by atoms with Gasteiger partial charge in [0.1, 0.15) is 11.6 Å². The molecule has 0 saturated heterocycles.